The van der Waals surface area contributed by atoms with E-state index >= 15 is 0 Å². The Hall–Kier alpha value is -3.08. The Balaban J connectivity index is 1.37. The fourth-order valence-corrected chi connectivity index (χ4v) is 3.30. The zero-order valence-electron chi connectivity index (χ0n) is 15.7. The van der Waals surface area contributed by atoms with Crippen molar-refractivity contribution in [3.8, 4) is 0 Å². The fourth-order valence-electron chi connectivity index (χ4n) is 3.30. The summed E-state index contributed by atoms with van der Waals surface area (Å²) in [5, 5.41) is 6.71. The first-order valence-corrected chi connectivity index (χ1v) is 9.50. The Morgan fingerprint density at radius 3 is 2.33 bits per heavy atom. The van der Waals surface area contributed by atoms with E-state index < -0.39 is 0 Å². The standard InChI is InChI=1S/C22H25N5/c1-17-4-6-18(7-5-17)15-23-21-14-22(25-16-24-21)26-19-8-10-20(11-9-19)27-12-2-3-13-27/h4-11,14,16H,2-3,12-13,15H2,1H3,(H2,23,24,25,26). The van der Waals surface area contributed by atoms with Crippen LogP contribution in [0.5, 0.6) is 0 Å². The summed E-state index contributed by atoms with van der Waals surface area (Å²) in [5.74, 6) is 1.59. The molecule has 0 spiro atoms. The smallest absolute Gasteiger partial charge is 0.135 e. The molecule has 2 heterocycles. The average Bonchev–Trinajstić information content (AvgIpc) is 3.23. The number of anilines is 4. The van der Waals surface area contributed by atoms with Crippen LogP contribution in [0.1, 0.15) is 24.0 Å². The highest BCUT2D eigenvalue weighted by Crippen LogP contribution is 2.23. The molecule has 1 aliphatic heterocycles. The molecule has 0 radical (unpaired) electrons. The second-order valence-electron chi connectivity index (χ2n) is 6.99. The van der Waals surface area contributed by atoms with E-state index in [0.29, 0.717) is 0 Å². The van der Waals surface area contributed by atoms with Crippen LogP contribution in [-0.4, -0.2) is 23.1 Å². The van der Waals surface area contributed by atoms with Crippen LogP contribution < -0.4 is 15.5 Å². The topological polar surface area (TPSA) is 53.1 Å². The minimum absolute atomic E-state index is 0.737. The first kappa shape index (κ1) is 17.3. The van der Waals surface area contributed by atoms with E-state index in [4.69, 9.17) is 0 Å². The monoisotopic (exact) mass is 359 g/mol. The van der Waals surface area contributed by atoms with Gasteiger partial charge < -0.3 is 15.5 Å². The molecule has 0 unspecified atom stereocenters. The van der Waals surface area contributed by atoms with Crippen molar-refractivity contribution in [3.63, 3.8) is 0 Å². The van der Waals surface area contributed by atoms with Crippen LogP contribution in [0, 0.1) is 6.92 Å². The number of hydrogen-bond acceptors (Lipinski definition) is 5. The van der Waals surface area contributed by atoms with Crippen molar-refractivity contribution >= 4 is 23.0 Å². The van der Waals surface area contributed by atoms with Gasteiger partial charge in [-0.05, 0) is 49.6 Å². The molecule has 0 atom stereocenters. The summed E-state index contributed by atoms with van der Waals surface area (Å²) in [6.07, 6.45) is 4.16. The largest absolute Gasteiger partial charge is 0.372 e. The number of hydrogen-bond donors (Lipinski definition) is 2. The van der Waals surface area contributed by atoms with Crippen molar-refractivity contribution in [3.05, 3.63) is 72.1 Å². The summed E-state index contributed by atoms with van der Waals surface area (Å²) in [6.45, 7) is 5.15. The van der Waals surface area contributed by atoms with Gasteiger partial charge in [0.25, 0.3) is 0 Å². The van der Waals surface area contributed by atoms with Crippen LogP contribution in [-0.2, 0) is 6.54 Å². The van der Waals surface area contributed by atoms with Gasteiger partial charge in [0.1, 0.15) is 18.0 Å². The average molecular weight is 359 g/mol. The molecule has 1 saturated heterocycles. The molecule has 0 bridgehead atoms. The van der Waals surface area contributed by atoms with E-state index in [1.807, 2.05) is 6.07 Å². The third kappa shape index (κ3) is 4.56. The van der Waals surface area contributed by atoms with Crippen molar-refractivity contribution in [1.29, 1.82) is 0 Å². The summed E-state index contributed by atoms with van der Waals surface area (Å²) >= 11 is 0. The van der Waals surface area contributed by atoms with Gasteiger partial charge in [0, 0.05) is 37.1 Å². The van der Waals surface area contributed by atoms with E-state index in [2.05, 4.69) is 81.0 Å². The van der Waals surface area contributed by atoms with Crippen LogP contribution in [0.15, 0.2) is 60.9 Å². The van der Waals surface area contributed by atoms with Gasteiger partial charge in [-0.1, -0.05) is 29.8 Å². The molecule has 1 aromatic heterocycles. The molecule has 0 saturated carbocycles. The number of aryl methyl sites for hydroxylation is 1. The maximum atomic E-state index is 4.33. The molecule has 2 N–H and O–H groups in total. The Labute approximate surface area is 160 Å². The van der Waals surface area contributed by atoms with E-state index in [-0.39, 0.29) is 0 Å². The second kappa shape index (κ2) is 8.08. The molecular formula is C22H25N5. The van der Waals surface area contributed by atoms with Gasteiger partial charge >= 0.3 is 0 Å². The van der Waals surface area contributed by atoms with E-state index in [1.54, 1.807) is 6.33 Å². The summed E-state index contributed by atoms with van der Waals surface area (Å²) < 4.78 is 0. The molecule has 5 heteroatoms. The maximum Gasteiger partial charge on any atom is 0.135 e. The Morgan fingerprint density at radius 1 is 0.889 bits per heavy atom. The van der Waals surface area contributed by atoms with E-state index in [0.717, 1.165) is 37.0 Å². The van der Waals surface area contributed by atoms with Gasteiger partial charge in [0.05, 0.1) is 0 Å². The van der Waals surface area contributed by atoms with Gasteiger partial charge in [-0.3, -0.25) is 0 Å². The van der Waals surface area contributed by atoms with Gasteiger partial charge in [-0.15, -0.1) is 0 Å². The van der Waals surface area contributed by atoms with Crippen molar-refractivity contribution in [2.45, 2.75) is 26.3 Å². The third-order valence-corrected chi connectivity index (χ3v) is 4.87. The van der Waals surface area contributed by atoms with Gasteiger partial charge in [0.2, 0.25) is 0 Å². The van der Waals surface area contributed by atoms with Gasteiger partial charge in [-0.2, -0.15) is 0 Å². The van der Waals surface area contributed by atoms with Crippen molar-refractivity contribution in [2.75, 3.05) is 28.6 Å². The van der Waals surface area contributed by atoms with E-state index in [9.17, 15) is 0 Å². The van der Waals surface area contributed by atoms with Crippen LogP contribution in [0.25, 0.3) is 0 Å². The van der Waals surface area contributed by atoms with Crippen molar-refractivity contribution in [1.82, 2.24) is 9.97 Å². The summed E-state index contributed by atoms with van der Waals surface area (Å²) in [6, 6.07) is 19.0. The number of rotatable bonds is 6. The molecule has 27 heavy (non-hydrogen) atoms. The van der Waals surface area contributed by atoms with Crippen molar-refractivity contribution in [2.24, 2.45) is 0 Å². The minimum atomic E-state index is 0.737. The minimum Gasteiger partial charge on any atom is -0.372 e. The number of nitrogens with zero attached hydrogens (tertiary/aromatic N) is 3. The molecule has 1 aliphatic rings. The molecule has 3 aromatic rings. The molecular weight excluding hydrogens is 334 g/mol. The third-order valence-electron chi connectivity index (χ3n) is 4.87. The first-order valence-electron chi connectivity index (χ1n) is 9.50. The normalized spacial score (nSPS) is 13.6. The van der Waals surface area contributed by atoms with Crippen LogP contribution in [0.4, 0.5) is 23.0 Å². The molecule has 4 rings (SSSR count). The zero-order chi connectivity index (χ0) is 18.5. The SMILES string of the molecule is Cc1ccc(CNc2cc(Nc3ccc(N4CCCC4)cc3)ncn2)cc1. The van der Waals surface area contributed by atoms with Crippen LogP contribution in [0.2, 0.25) is 0 Å². The van der Waals surface area contributed by atoms with E-state index in [1.165, 1.54) is 29.7 Å². The van der Waals surface area contributed by atoms with Gasteiger partial charge in [0.15, 0.2) is 0 Å². The molecule has 0 amide bonds. The molecule has 5 nitrogen and oxygen atoms in total. The molecule has 0 aliphatic carbocycles. The Kier molecular flexibility index (Phi) is 5.19. The fraction of sp³-hybridized carbons (Fsp3) is 0.273. The lowest BCUT2D eigenvalue weighted by Gasteiger charge is -2.18. The molecule has 2 aromatic carbocycles. The number of benzene rings is 2. The van der Waals surface area contributed by atoms with Crippen LogP contribution >= 0.6 is 0 Å². The van der Waals surface area contributed by atoms with Gasteiger partial charge in [-0.25, -0.2) is 9.97 Å². The Morgan fingerprint density at radius 2 is 1.59 bits per heavy atom. The second-order valence-corrected chi connectivity index (χ2v) is 6.99. The summed E-state index contributed by atoms with van der Waals surface area (Å²) in [7, 11) is 0. The number of nitrogens with one attached hydrogen (secondary N) is 2. The Bertz CT molecular complexity index is 868. The summed E-state index contributed by atoms with van der Waals surface area (Å²) in [4.78, 5) is 11.1. The van der Waals surface area contributed by atoms with Crippen molar-refractivity contribution < 1.29 is 0 Å². The molecule has 138 valence electrons. The van der Waals surface area contributed by atoms with Crippen LogP contribution in [0.3, 0.4) is 0 Å². The predicted molar refractivity (Wildman–Crippen MR) is 112 cm³/mol. The predicted octanol–water partition coefficient (Wildman–Crippen LogP) is 4.74. The number of aromatic nitrogens is 2. The highest BCUT2D eigenvalue weighted by atomic mass is 15.1. The lowest BCUT2D eigenvalue weighted by atomic mass is 10.1. The lowest BCUT2D eigenvalue weighted by molar-refractivity contribution is 0.949. The highest BCUT2D eigenvalue weighted by Gasteiger charge is 2.11. The molecule has 1 fully saturated rings. The zero-order valence-corrected chi connectivity index (χ0v) is 15.7. The summed E-state index contributed by atoms with van der Waals surface area (Å²) in [5.41, 5.74) is 4.82. The quantitative estimate of drug-likeness (QED) is 0.666. The maximum absolute atomic E-state index is 4.33. The first-order chi connectivity index (χ1) is 13.3. The lowest BCUT2D eigenvalue weighted by Crippen LogP contribution is -2.17. The highest BCUT2D eigenvalue weighted by molar-refractivity contribution is 5.62.